The van der Waals surface area contributed by atoms with E-state index in [9.17, 15) is 31.1 Å². The van der Waals surface area contributed by atoms with Gasteiger partial charge in [0.25, 0.3) is 6.47 Å². The summed E-state index contributed by atoms with van der Waals surface area (Å²) in [5.41, 5.74) is 5.13. The summed E-state index contributed by atoms with van der Waals surface area (Å²) < 4.78 is 72.0. The van der Waals surface area contributed by atoms with Crippen molar-refractivity contribution >= 4 is 29.6 Å². The second-order valence-corrected chi connectivity index (χ2v) is 8.86. The molecule has 0 spiro atoms. The fraction of sp³-hybridized carbons (Fsp3) is 0.423. The number of anilines is 1. The predicted octanol–water partition coefficient (Wildman–Crippen LogP) is 5.83. The van der Waals surface area contributed by atoms with Crippen LogP contribution in [0.25, 0.3) is 0 Å². The van der Waals surface area contributed by atoms with Crippen LogP contribution in [0.5, 0.6) is 0 Å². The minimum atomic E-state index is -4.77. The number of rotatable bonds is 7. The number of aromatic nitrogens is 2. The number of nitrogens with zero attached hydrogens (tertiary/aromatic N) is 4. The van der Waals surface area contributed by atoms with Gasteiger partial charge in [0.2, 0.25) is 5.91 Å². The highest BCUT2D eigenvalue weighted by Gasteiger charge is 2.38. The molecule has 1 aliphatic carbocycles. The Morgan fingerprint density at radius 3 is 2.15 bits per heavy atom. The third-order valence-electron chi connectivity index (χ3n) is 5.46. The molecule has 9 nitrogen and oxygen atoms in total. The summed E-state index contributed by atoms with van der Waals surface area (Å²) in [4.78, 5) is 26.3. The molecule has 0 unspecified atom stereocenters. The molecule has 1 aliphatic rings. The van der Waals surface area contributed by atoms with E-state index in [1.54, 1.807) is 36.2 Å². The summed E-state index contributed by atoms with van der Waals surface area (Å²) in [5, 5.41) is 16.7. The number of carbonyl (C=O) groups is 2. The number of alkyl halides is 6. The van der Waals surface area contributed by atoms with E-state index in [1.165, 1.54) is 24.8 Å². The molecule has 0 atom stereocenters. The Bertz CT molecular complexity index is 1130. The number of hydrogen-bond donors (Lipinski definition) is 3. The summed E-state index contributed by atoms with van der Waals surface area (Å²) in [6, 6.07) is 9.53. The van der Waals surface area contributed by atoms with E-state index in [1.807, 2.05) is 0 Å². The highest BCUT2D eigenvalue weighted by atomic mass is 19.4. The van der Waals surface area contributed by atoms with Crippen LogP contribution >= 0.6 is 0 Å². The molecular weight excluding hydrogens is 558 g/mol. The van der Waals surface area contributed by atoms with E-state index in [2.05, 4.69) is 20.5 Å². The lowest BCUT2D eigenvalue weighted by atomic mass is 9.88. The van der Waals surface area contributed by atoms with Crippen LogP contribution in [0.4, 0.5) is 37.8 Å². The van der Waals surface area contributed by atoms with Crippen molar-refractivity contribution in [3.63, 3.8) is 0 Å². The average molecular weight is 591 g/mol. The standard InChI is InChI=1S/C23H27F3N6O.C2H3F3.CH2O2/c1-32(22(33)17-6-3-2-4-7-17)15-16-9-11-18(12-10-16)29-19(14-27)21(23(24,25)26)30-20-8-5-13-28-31-20;1-2(3,4)5;2-1-3/h5,8-14,17,29H,2-4,6-7,15,27H2,1H3;1H3;1H,(H,2,3)/b19-14+,30-21?;;. The second kappa shape index (κ2) is 16.8. The molecule has 1 aromatic heterocycles. The Balaban J connectivity index is 0.000000930. The Labute approximate surface area is 233 Å². The highest BCUT2D eigenvalue weighted by Crippen LogP contribution is 2.27. The van der Waals surface area contributed by atoms with Crippen LogP contribution in [0.3, 0.4) is 0 Å². The summed E-state index contributed by atoms with van der Waals surface area (Å²) in [6.07, 6.45) is -1.41. The van der Waals surface area contributed by atoms with Crippen LogP contribution < -0.4 is 11.1 Å². The molecule has 1 amide bonds. The van der Waals surface area contributed by atoms with Gasteiger partial charge in [-0.1, -0.05) is 31.4 Å². The number of hydrogen-bond acceptors (Lipinski definition) is 7. The molecule has 15 heteroatoms. The van der Waals surface area contributed by atoms with Crippen molar-refractivity contribution in [2.24, 2.45) is 16.6 Å². The largest absolute Gasteiger partial charge is 0.483 e. The fourth-order valence-electron chi connectivity index (χ4n) is 3.79. The van der Waals surface area contributed by atoms with Gasteiger partial charge in [-0.15, -0.1) is 5.10 Å². The minimum Gasteiger partial charge on any atom is -0.483 e. The molecule has 0 aliphatic heterocycles. The molecule has 0 saturated heterocycles. The molecule has 41 heavy (non-hydrogen) atoms. The lowest BCUT2D eigenvalue weighted by Crippen LogP contribution is -2.33. The Hall–Kier alpha value is -4.17. The lowest BCUT2D eigenvalue weighted by molar-refractivity contribution is -0.135. The zero-order chi connectivity index (χ0) is 31.1. The number of amides is 1. The number of aliphatic imine (C=N–C) groups is 1. The fourth-order valence-corrected chi connectivity index (χ4v) is 3.79. The van der Waals surface area contributed by atoms with Gasteiger partial charge in [-0.2, -0.15) is 31.4 Å². The number of carboxylic acid groups (broad SMARTS) is 1. The van der Waals surface area contributed by atoms with Crippen LogP contribution in [-0.2, 0) is 16.1 Å². The van der Waals surface area contributed by atoms with Crippen molar-refractivity contribution in [3.8, 4) is 0 Å². The van der Waals surface area contributed by atoms with Crippen molar-refractivity contribution < 1.29 is 41.0 Å². The summed E-state index contributed by atoms with van der Waals surface area (Å²) in [5.74, 6) is 0.0311. The number of allylic oxidation sites excluding steroid dienone is 1. The molecule has 0 radical (unpaired) electrons. The maximum Gasteiger partial charge on any atom is 0.435 e. The normalized spacial score (nSPS) is 14.5. The number of nitrogens with two attached hydrogens (primary N) is 1. The molecule has 1 fully saturated rings. The van der Waals surface area contributed by atoms with Gasteiger partial charge in [0.05, 0.1) is 5.70 Å². The zero-order valence-electron chi connectivity index (χ0n) is 22.4. The van der Waals surface area contributed by atoms with E-state index in [-0.39, 0.29) is 31.0 Å². The number of halogens is 6. The summed E-state index contributed by atoms with van der Waals surface area (Å²) >= 11 is 0. The van der Waals surface area contributed by atoms with Gasteiger partial charge in [0, 0.05) is 44.5 Å². The van der Waals surface area contributed by atoms with Crippen LogP contribution in [-0.4, -0.2) is 57.7 Å². The Morgan fingerprint density at radius 2 is 1.68 bits per heavy atom. The van der Waals surface area contributed by atoms with Gasteiger partial charge in [0.15, 0.2) is 11.5 Å². The SMILES string of the molecule is CC(F)(F)F.CN(Cc1ccc(N/C(=C/N)C(=Nc2cccnn2)C(F)(F)F)cc1)C(=O)C1CCCCC1.O=CO. The molecule has 1 saturated carbocycles. The van der Waals surface area contributed by atoms with E-state index in [4.69, 9.17) is 15.6 Å². The van der Waals surface area contributed by atoms with E-state index < -0.39 is 23.8 Å². The highest BCUT2D eigenvalue weighted by molar-refractivity contribution is 6.07. The number of nitrogens with one attached hydrogen (secondary N) is 1. The van der Waals surface area contributed by atoms with Gasteiger partial charge in [-0.05, 0) is 42.7 Å². The van der Waals surface area contributed by atoms with Crippen LogP contribution in [0, 0.1) is 5.92 Å². The molecule has 0 bridgehead atoms. The van der Waals surface area contributed by atoms with E-state index >= 15 is 0 Å². The Kier molecular flexibility index (Phi) is 14.3. The maximum atomic E-state index is 13.6. The number of benzene rings is 1. The van der Waals surface area contributed by atoms with Crippen LogP contribution in [0.2, 0.25) is 0 Å². The first kappa shape index (κ1) is 34.9. The van der Waals surface area contributed by atoms with Gasteiger partial charge >= 0.3 is 12.4 Å². The maximum absolute atomic E-state index is 13.6. The molecule has 226 valence electrons. The van der Waals surface area contributed by atoms with Gasteiger partial charge in [0.1, 0.15) is 0 Å². The van der Waals surface area contributed by atoms with Crippen molar-refractivity contribution in [3.05, 3.63) is 60.1 Å². The lowest BCUT2D eigenvalue weighted by Gasteiger charge is -2.26. The van der Waals surface area contributed by atoms with Crippen molar-refractivity contribution in [2.45, 2.75) is 57.9 Å². The van der Waals surface area contributed by atoms with Gasteiger partial charge in [-0.3, -0.25) is 9.59 Å². The summed E-state index contributed by atoms with van der Waals surface area (Å²) in [7, 11) is 1.77. The van der Waals surface area contributed by atoms with E-state index in [0.29, 0.717) is 12.2 Å². The molecule has 2 aromatic rings. The molecule has 3 rings (SSSR count). The third kappa shape index (κ3) is 14.2. The molecule has 1 aromatic carbocycles. The first-order valence-corrected chi connectivity index (χ1v) is 12.3. The number of carbonyl (C=O) groups excluding carboxylic acids is 1. The van der Waals surface area contributed by atoms with E-state index in [0.717, 1.165) is 37.4 Å². The summed E-state index contributed by atoms with van der Waals surface area (Å²) in [6.45, 7) is 0.365. The van der Waals surface area contributed by atoms with Crippen molar-refractivity contribution in [1.82, 2.24) is 15.1 Å². The predicted molar refractivity (Wildman–Crippen MR) is 141 cm³/mol. The third-order valence-corrected chi connectivity index (χ3v) is 5.46. The molecular formula is C26H32F6N6O3. The first-order chi connectivity index (χ1) is 19.2. The first-order valence-electron chi connectivity index (χ1n) is 12.3. The minimum absolute atomic E-state index is 0.0799. The average Bonchev–Trinajstić information content (AvgIpc) is 2.91. The molecule has 4 N–H and O–H groups in total. The zero-order valence-corrected chi connectivity index (χ0v) is 22.4. The van der Waals surface area contributed by atoms with Crippen LogP contribution in [0.15, 0.2) is 59.5 Å². The smallest absolute Gasteiger partial charge is 0.435 e. The van der Waals surface area contributed by atoms with Gasteiger partial charge in [-0.25, -0.2) is 4.99 Å². The van der Waals surface area contributed by atoms with Crippen molar-refractivity contribution in [2.75, 3.05) is 12.4 Å². The van der Waals surface area contributed by atoms with Gasteiger partial charge < -0.3 is 21.1 Å². The van der Waals surface area contributed by atoms with Crippen molar-refractivity contribution in [1.29, 1.82) is 0 Å². The van der Waals surface area contributed by atoms with Crippen LogP contribution in [0.1, 0.15) is 44.6 Å². The quantitative estimate of drug-likeness (QED) is 0.210. The second-order valence-electron chi connectivity index (χ2n) is 8.86. The monoisotopic (exact) mass is 590 g/mol. The molecule has 1 heterocycles. The topological polar surface area (TPSA) is 134 Å². The Morgan fingerprint density at radius 1 is 1.12 bits per heavy atom.